The van der Waals surface area contributed by atoms with Crippen molar-refractivity contribution < 1.29 is 32.3 Å². The van der Waals surface area contributed by atoms with E-state index in [0.29, 0.717) is 25.8 Å². The minimum Gasteiger partial charge on any atom is -0.405 e. The maximum atomic E-state index is 12.7. The molecular formula is C21H25F3N4O4. The Hall–Kier alpha value is -3.29. The number of piperidine rings is 1. The SMILES string of the molecule is CC[C@@H](NC(C)=O)C(=O)N1CCC[C@@H](C(=O)NCc2ccc(C#N)cc2OC(F)(F)F)C1. The van der Waals surface area contributed by atoms with E-state index >= 15 is 0 Å². The van der Waals surface area contributed by atoms with Gasteiger partial charge in [0.1, 0.15) is 11.8 Å². The summed E-state index contributed by atoms with van der Waals surface area (Å²) in [7, 11) is 0. The molecule has 0 aliphatic carbocycles. The topological polar surface area (TPSA) is 112 Å². The fraction of sp³-hybridized carbons (Fsp3) is 0.524. The van der Waals surface area contributed by atoms with Crippen LogP contribution in [0.4, 0.5) is 13.2 Å². The van der Waals surface area contributed by atoms with Crippen molar-refractivity contribution in [3.05, 3.63) is 29.3 Å². The van der Waals surface area contributed by atoms with Gasteiger partial charge >= 0.3 is 6.36 Å². The number of rotatable bonds is 7. The van der Waals surface area contributed by atoms with E-state index in [4.69, 9.17) is 5.26 Å². The molecule has 0 spiro atoms. The zero-order valence-corrected chi connectivity index (χ0v) is 17.8. The van der Waals surface area contributed by atoms with Gasteiger partial charge in [-0.3, -0.25) is 14.4 Å². The van der Waals surface area contributed by atoms with Crippen LogP contribution >= 0.6 is 0 Å². The molecule has 11 heteroatoms. The Bertz CT molecular complexity index is 898. The van der Waals surface area contributed by atoms with Crippen molar-refractivity contribution in [2.75, 3.05) is 13.1 Å². The quantitative estimate of drug-likeness (QED) is 0.656. The summed E-state index contributed by atoms with van der Waals surface area (Å²) in [5.74, 6) is -2.09. The van der Waals surface area contributed by atoms with Crippen molar-refractivity contribution in [2.45, 2.75) is 52.1 Å². The Morgan fingerprint density at radius 2 is 2.06 bits per heavy atom. The molecule has 2 N–H and O–H groups in total. The number of benzene rings is 1. The van der Waals surface area contributed by atoms with E-state index in [1.54, 1.807) is 13.0 Å². The second-order valence-corrected chi connectivity index (χ2v) is 7.48. The van der Waals surface area contributed by atoms with Crippen LogP contribution in [0.2, 0.25) is 0 Å². The maximum absolute atomic E-state index is 12.7. The monoisotopic (exact) mass is 454 g/mol. The summed E-state index contributed by atoms with van der Waals surface area (Å²) in [6.07, 6.45) is -3.43. The van der Waals surface area contributed by atoms with Gasteiger partial charge in [-0.25, -0.2) is 0 Å². The largest absolute Gasteiger partial charge is 0.573 e. The summed E-state index contributed by atoms with van der Waals surface area (Å²) < 4.78 is 42.0. The fourth-order valence-electron chi connectivity index (χ4n) is 3.51. The van der Waals surface area contributed by atoms with Crippen molar-refractivity contribution in [1.82, 2.24) is 15.5 Å². The second kappa shape index (κ2) is 10.8. The third-order valence-electron chi connectivity index (χ3n) is 5.06. The molecule has 1 aliphatic rings. The van der Waals surface area contributed by atoms with Crippen molar-refractivity contribution in [3.8, 4) is 11.8 Å². The number of hydrogen-bond acceptors (Lipinski definition) is 5. The molecule has 3 amide bonds. The molecule has 2 atom stereocenters. The van der Waals surface area contributed by atoms with Crippen LogP contribution in [0.15, 0.2) is 18.2 Å². The first-order chi connectivity index (χ1) is 15.0. The predicted octanol–water partition coefficient (Wildman–Crippen LogP) is 2.23. The summed E-state index contributed by atoms with van der Waals surface area (Å²) in [4.78, 5) is 38.2. The van der Waals surface area contributed by atoms with E-state index in [2.05, 4.69) is 15.4 Å². The lowest BCUT2D eigenvalue weighted by Crippen LogP contribution is -2.52. The number of likely N-dealkylation sites (tertiary alicyclic amines) is 1. The van der Waals surface area contributed by atoms with E-state index in [1.807, 2.05) is 0 Å². The number of hydrogen-bond donors (Lipinski definition) is 2. The number of nitrogens with zero attached hydrogens (tertiary/aromatic N) is 2. The molecule has 174 valence electrons. The molecule has 1 saturated heterocycles. The van der Waals surface area contributed by atoms with Gasteiger partial charge in [-0.15, -0.1) is 13.2 Å². The number of halogens is 3. The number of nitrogens with one attached hydrogen (secondary N) is 2. The first-order valence-electron chi connectivity index (χ1n) is 10.2. The summed E-state index contributed by atoms with van der Waals surface area (Å²) in [5.41, 5.74) is 0.0560. The van der Waals surface area contributed by atoms with E-state index in [-0.39, 0.29) is 36.0 Å². The third kappa shape index (κ3) is 7.14. The summed E-state index contributed by atoms with van der Waals surface area (Å²) in [6, 6.07) is 4.65. The van der Waals surface area contributed by atoms with E-state index in [0.717, 1.165) is 6.07 Å². The van der Waals surface area contributed by atoms with Gasteiger partial charge in [-0.05, 0) is 31.4 Å². The molecule has 0 radical (unpaired) electrons. The summed E-state index contributed by atoms with van der Waals surface area (Å²) in [6.45, 7) is 3.47. The third-order valence-corrected chi connectivity index (χ3v) is 5.06. The Kier molecular flexibility index (Phi) is 8.46. The van der Waals surface area contributed by atoms with Gasteiger partial charge < -0.3 is 20.3 Å². The fourth-order valence-corrected chi connectivity index (χ4v) is 3.51. The lowest BCUT2D eigenvalue weighted by Gasteiger charge is -2.34. The molecule has 1 fully saturated rings. The lowest BCUT2D eigenvalue weighted by atomic mass is 9.96. The highest BCUT2D eigenvalue weighted by Gasteiger charge is 2.33. The van der Waals surface area contributed by atoms with Crippen LogP contribution in [0, 0.1) is 17.2 Å². The minimum atomic E-state index is -4.94. The lowest BCUT2D eigenvalue weighted by molar-refractivity contribution is -0.274. The minimum absolute atomic E-state index is 0.00888. The van der Waals surface area contributed by atoms with E-state index in [9.17, 15) is 27.6 Å². The average molecular weight is 454 g/mol. The van der Waals surface area contributed by atoms with Crippen molar-refractivity contribution in [1.29, 1.82) is 5.26 Å². The number of ether oxygens (including phenoxy) is 1. The number of alkyl halides is 3. The molecule has 1 heterocycles. The zero-order chi connectivity index (χ0) is 23.9. The average Bonchev–Trinajstić information content (AvgIpc) is 2.74. The molecule has 2 rings (SSSR count). The van der Waals surface area contributed by atoms with Gasteiger partial charge in [0.25, 0.3) is 0 Å². The molecule has 0 unspecified atom stereocenters. The van der Waals surface area contributed by atoms with Gasteiger partial charge in [0.15, 0.2) is 0 Å². The Morgan fingerprint density at radius 1 is 1.34 bits per heavy atom. The Labute approximate surface area is 183 Å². The molecule has 1 aromatic rings. The van der Waals surface area contributed by atoms with Crippen LogP contribution < -0.4 is 15.4 Å². The first-order valence-corrected chi connectivity index (χ1v) is 10.2. The highest BCUT2D eigenvalue weighted by molar-refractivity contribution is 5.87. The van der Waals surface area contributed by atoms with E-state index < -0.39 is 30.0 Å². The van der Waals surface area contributed by atoms with Crippen molar-refractivity contribution in [3.63, 3.8) is 0 Å². The van der Waals surface area contributed by atoms with Crippen LogP contribution in [-0.4, -0.2) is 48.1 Å². The van der Waals surface area contributed by atoms with E-state index in [1.165, 1.54) is 24.0 Å². The summed E-state index contributed by atoms with van der Waals surface area (Å²) in [5, 5.41) is 14.1. The molecule has 32 heavy (non-hydrogen) atoms. The van der Waals surface area contributed by atoms with Crippen LogP contribution in [0.25, 0.3) is 0 Å². The van der Waals surface area contributed by atoms with Gasteiger partial charge in [0.05, 0.1) is 17.6 Å². The number of nitriles is 1. The van der Waals surface area contributed by atoms with Crippen LogP contribution in [0.3, 0.4) is 0 Å². The van der Waals surface area contributed by atoms with Crippen LogP contribution in [0.1, 0.15) is 44.2 Å². The predicted molar refractivity (Wildman–Crippen MR) is 107 cm³/mol. The number of carbonyl (C=O) groups excluding carboxylic acids is 3. The molecule has 0 bridgehead atoms. The maximum Gasteiger partial charge on any atom is 0.573 e. The van der Waals surface area contributed by atoms with Gasteiger partial charge in [-0.2, -0.15) is 5.26 Å². The van der Waals surface area contributed by atoms with Crippen LogP contribution in [0.5, 0.6) is 5.75 Å². The normalized spacial score (nSPS) is 17.1. The molecule has 1 aliphatic heterocycles. The highest BCUT2D eigenvalue weighted by Crippen LogP contribution is 2.28. The molecule has 0 aromatic heterocycles. The second-order valence-electron chi connectivity index (χ2n) is 7.48. The highest BCUT2D eigenvalue weighted by atomic mass is 19.4. The molecule has 8 nitrogen and oxygen atoms in total. The Morgan fingerprint density at radius 3 is 2.66 bits per heavy atom. The van der Waals surface area contributed by atoms with Crippen molar-refractivity contribution in [2.24, 2.45) is 5.92 Å². The number of carbonyl (C=O) groups is 3. The standard InChI is InChI=1S/C21H25F3N4O4/c1-3-17(27-13(2)29)20(31)28-8-4-5-16(12-28)19(30)26-11-15-7-6-14(10-25)9-18(15)32-21(22,23)24/h6-7,9,16-17H,3-5,8,11-12H2,1-2H3,(H,26,30)(H,27,29)/t16-,17-/m1/s1. The van der Waals surface area contributed by atoms with Gasteiger partial charge in [-0.1, -0.05) is 13.0 Å². The van der Waals surface area contributed by atoms with Gasteiger partial charge in [0.2, 0.25) is 17.7 Å². The molecule has 1 aromatic carbocycles. The Balaban J connectivity index is 2.03. The van der Waals surface area contributed by atoms with Crippen LogP contribution in [-0.2, 0) is 20.9 Å². The first kappa shape index (κ1) is 25.0. The van der Waals surface area contributed by atoms with Crippen molar-refractivity contribution >= 4 is 17.7 Å². The van der Waals surface area contributed by atoms with Gasteiger partial charge in [0, 0.05) is 32.1 Å². The molecular weight excluding hydrogens is 429 g/mol. The smallest absolute Gasteiger partial charge is 0.405 e. The molecule has 0 saturated carbocycles. The number of amides is 3. The summed E-state index contributed by atoms with van der Waals surface area (Å²) >= 11 is 0. The zero-order valence-electron chi connectivity index (χ0n) is 17.8.